The van der Waals surface area contributed by atoms with E-state index in [1.54, 1.807) is 35.6 Å². The van der Waals surface area contributed by atoms with E-state index in [1.807, 2.05) is 13.8 Å². The molecule has 0 saturated carbocycles. The van der Waals surface area contributed by atoms with E-state index in [2.05, 4.69) is 32.7 Å². The van der Waals surface area contributed by atoms with E-state index in [0.29, 0.717) is 21.6 Å². The van der Waals surface area contributed by atoms with Crippen LogP contribution in [0.3, 0.4) is 0 Å². The lowest BCUT2D eigenvalue weighted by molar-refractivity contribution is 0.262. The highest BCUT2D eigenvalue weighted by molar-refractivity contribution is 7.17. The molecule has 2 amide bonds. The number of hydrogen-bond donors (Lipinski definition) is 2. The highest BCUT2D eigenvalue weighted by Crippen LogP contribution is 2.42. The summed E-state index contributed by atoms with van der Waals surface area (Å²) in [6.07, 6.45) is 2.19. The normalized spacial score (nSPS) is 13.2. The number of carbonyl (C=O) groups excluding carboxylic acids is 1. The molecule has 154 valence electrons. The summed E-state index contributed by atoms with van der Waals surface area (Å²) in [4.78, 5) is 16.1. The van der Waals surface area contributed by atoms with Crippen molar-refractivity contribution in [2.45, 2.75) is 33.7 Å². The molecule has 0 radical (unpaired) electrons. The van der Waals surface area contributed by atoms with E-state index in [4.69, 9.17) is 16.0 Å². The van der Waals surface area contributed by atoms with E-state index in [0.717, 1.165) is 31.6 Å². The van der Waals surface area contributed by atoms with Crippen molar-refractivity contribution in [1.82, 2.24) is 15.1 Å². The van der Waals surface area contributed by atoms with E-state index >= 15 is 0 Å². The van der Waals surface area contributed by atoms with Crippen molar-refractivity contribution in [3.8, 4) is 11.5 Å². The number of anilines is 2. The average molecular weight is 434 g/mol. The van der Waals surface area contributed by atoms with Crippen molar-refractivity contribution < 1.29 is 9.21 Å². The number of hydrogen-bond acceptors (Lipinski definition) is 6. The molecule has 0 aliphatic carbocycles. The lowest BCUT2D eigenvalue weighted by Crippen LogP contribution is -2.29. The summed E-state index contributed by atoms with van der Waals surface area (Å²) in [5.41, 5.74) is 2.67. The number of urea groups is 1. The first-order chi connectivity index (χ1) is 14.1. The van der Waals surface area contributed by atoms with Gasteiger partial charge in [-0.1, -0.05) is 32.4 Å². The third-order valence-corrected chi connectivity index (χ3v) is 5.87. The van der Waals surface area contributed by atoms with E-state index in [1.165, 1.54) is 16.8 Å². The van der Waals surface area contributed by atoms with E-state index < -0.39 is 0 Å². The van der Waals surface area contributed by atoms with Gasteiger partial charge in [0.25, 0.3) is 5.89 Å². The number of carbonyl (C=O) groups is 1. The van der Waals surface area contributed by atoms with Crippen molar-refractivity contribution in [3.63, 3.8) is 0 Å². The van der Waals surface area contributed by atoms with Crippen molar-refractivity contribution in [1.29, 1.82) is 0 Å². The summed E-state index contributed by atoms with van der Waals surface area (Å²) in [6, 6.07) is 6.62. The van der Waals surface area contributed by atoms with Crippen LogP contribution in [0, 0.1) is 0 Å². The molecule has 1 aliphatic rings. The van der Waals surface area contributed by atoms with Gasteiger partial charge in [-0.05, 0) is 42.8 Å². The molecule has 2 aromatic heterocycles. The first-order valence-electron chi connectivity index (χ1n) is 9.61. The fourth-order valence-corrected chi connectivity index (χ4v) is 4.52. The number of nitrogens with zero attached hydrogens (tertiary/aromatic N) is 3. The molecule has 9 heteroatoms. The Labute approximate surface area is 179 Å². The lowest BCUT2D eigenvalue weighted by atomic mass is 10.0. The average Bonchev–Trinajstić information content (AvgIpc) is 3.37. The Kier molecular flexibility index (Phi) is 7.24. The second kappa shape index (κ2) is 9.87. The quantitative estimate of drug-likeness (QED) is 0.567. The molecule has 3 heterocycles. The maximum absolute atomic E-state index is 12.5. The van der Waals surface area contributed by atoms with Crippen LogP contribution >= 0.6 is 22.9 Å². The van der Waals surface area contributed by atoms with Crippen LogP contribution in [0.5, 0.6) is 0 Å². The summed E-state index contributed by atoms with van der Waals surface area (Å²) in [7, 11) is 0. The third kappa shape index (κ3) is 4.95. The minimum atomic E-state index is -0.330. The number of amides is 2. The Hall–Kier alpha value is -2.42. The highest BCUT2D eigenvalue weighted by atomic mass is 35.5. The molecule has 0 atom stereocenters. The molecular weight excluding hydrogens is 410 g/mol. The first-order valence-corrected chi connectivity index (χ1v) is 10.8. The standard InChI is InChI=1S/C18H18ClN5O2S.C2H6/c1-2-24-8-7-13-14(9-24)27-17(15(13)16-23-20-10-26-16)22-18(25)21-12-5-3-11(19)4-6-12;1-2/h3-6,10H,2,7-9H2,1H3,(H2,21,22,25);1-2H3. The number of nitrogens with one attached hydrogen (secondary N) is 2. The van der Waals surface area contributed by atoms with Gasteiger partial charge in [-0.15, -0.1) is 21.5 Å². The second-order valence-electron chi connectivity index (χ2n) is 6.16. The molecule has 0 unspecified atom stereocenters. The Morgan fingerprint density at radius 3 is 2.69 bits per heavy atom. The van der Waals surface area contributed by atoms with Crippen LogP contribution in [0.1, 0.15) is 31.2 Å². The molecule has 3 aromatic rings. The fraction of sp³-hybridized carbons (Fsp3) is 0.350. The zero-order chi connectivity index (χ0) is 20.8. The summed E-state index contributed by atoms with van der Waals surface area (Å²) >= 11 is 7.44. The van der Waals surface area contributed by atoms with Gasteiger partial charge in [-0.2, -0.15) is 0 Å². The number of halogens is 1. The third-order valence-electron chi connectivity index (χ3n) is 4.49. The molecule has 2 N–H and O–H groups in total. The van der Waals surface area contributed by atoms with Gasteiger partial charge >= 0.3 is 6.03 Å². The zero-order valence-corrected chi connectivity index (χ0v) is 18.2. The summed E-state index contributed by atoms with van der Waals surface area (Å²) in [5.74, 6) is 0.430. The molecule has 0 bridgehead atoms. The number of rotatable bonds is 4. The van der Waals surface area contributed by atoms with Crippen LogP contribution in [0.25, 0.3) is 11.5 Å². The van der Waals surface area contributed by atoms with Crippen molar-refractivity contribution in [2.24, 2.45) is 0 Å². The molecular formula is C20H24ClN5O2S. The summed E-state index contributed by atoms with van der Waals surface area (Å²) < 4.78 is 5.44. The monoisotopic (exact) mass is 433 g/mol. The number of thiophene rings is 1. The van der Waals surface area contributed by atoms with Crippen molar-refractivity contribution >= 4 is 39.7 Å². The summed E-state index contributed by atoms with van der Waals surface area (Å²) in [5, 5.41) is 14.9. The van der Waals surface area contributed by atoms with Crippen molar-refractivity contribution in [3.05, 3.63) is 46.1 Å². The molecule has 4 rings (SSSR count). The Morgan fingerprint density at radius 2 is 2.03 bits per heavy atom. The Bertz CT molecular complexity index is 941. The van der Waals surface area contributed by atoms with Crippen LogP contribution in [0.4, 0.5) is 15.5 Å². The predicted octanol–water partition coefficient (Wildman–Crippen LogP) is 5.50. The van der Waals surface area contributed by atoms with Gasteiger partial charge in [-0.25, -0.2) is 4.79 Å². The predicted molar refractivity (Wildman–Crippen MR) is 118 cm³/mol. The number of fused-ring (bicyclic) bond motifs is 1. The minimum absolute atomic E-state index is 0.330. The van der Waals surface area contributed by atoms with Crippen LogP contribution in [-0.4, -0.2) is 34.2 Å². The van der Waals surface area contributed by atoms with Gasteiger partial charge in [0.15, 0.2) is 0 Å². The molecule has 1 aromatic carbocycles. The first kappa shape index (κ1) is 21.3. The molecule has 29 heavy (non-hydrogen) atoms. The summed E-state index contributed by atoms with van der Waals surface area (Å²) in [6.45, 7) is 8.97. The maximum atomic E-state index is 12.5. The topological polar surface area (TPSA) is 83.3 Å². The van der Waals surface area contributed by atoms with E-state index in [9.17, 15) is 4.79 Å². The lowest BCUT2D eigenvalue weighted by Gasteiger charge is -2.25. The molecule has 1 aliphatic heterocycles. The van der Waals surface area contributed by atoms with Crippen LogP contribution in [-0.2, 0) is 13.0 Å². The molecule has 7 nitrogen and oxygen atoms in total. The highest BCUT2D eigenvalue weighted by Gasteiger charge is 2.27. The largest absolute Gasteiger partial charge is 0.423 e. The second-order valence-corrected chi connectivity index (χ2v) is 7.70. The Balaban J connectivity index is 0.00000117. The van der Waals surface area contributed by atoms with Crippen LogP contribution < -0.4 is 10.6 Å². The van der Waals surface area contributed by atoms with E-state index in [-0.39, 0.29) is 6.03 Å². The number of aromatic nitrogens is 2. The minimum Gasteiger partial charge on any atom is -0.423 e. The van der Waals surface area contributed by atoms with Gasteiger partial charge in [-0.3, -0.25) is 10.2 Å². The SMILES string of the molecule is CC.CCN1CCc2c(sc(NC(=O)Nc3ccc(Cl)cc3)c2-c2nnco2)C1. The van der Waals surface area contributed by atoms with Gasteiger partial charge in [0.05, 0.1) is 5.56 Å². The molecule has 0 spiro atoms. The van der Waals surface area contributed by atoms with Crippen LogP contribution in [0.2, 0.25) is 5.02 Å². The van der Waals surface area contributed by atoms with Crippen LogP contribution in [0.15, 0.2) is 35.1 Å². The van der Waals surface area contributed by atoms with Gasteiger partial charge < -0.3 is 9.73 Å². The Morgan fingerprint density at radius 1 is 1.28 bits per heavy atom. The maximum Gasteiger partial charge on any atom is 0.324 e. The fourth-order valence-electron chi connectivity index (χ4n) is 3.12. The molecule has 0 fully saturated rings. The van der Waals surface area contributed by atoms with Gasteiger partial charge in [0.1, 0.15) is 5.00 Å². The molecule has 0 saturated heterocycles. The number of benzene rings is 1. The number of likely N-dealkylation sites (N-methyl/N-ethyl adjacent to an activating group) is 1. The van der Waals surface area contributed by atoms with Gasteiger partial charge in [0, 0.05) is 28.7 Å². The smallest absolute Gasteiger partial charge is 0.324 e. The van der Waals surface area contributed by atoms with Crippen molar-refractivity contribution in [2.75, 3.05) is 23.7 Å². The zero-order valence-electron chi connectivity index (χ0n) is 16.7. The van der Waals surface area contributed by atoms with Gasteiger partial charge in [0.2, 0.25) is 6.39 Å².